The lowest BCUT2D eigenvalue weighted by Gasteiger charge is -2.32. The van der Waals surface area contributed by atoms with E-state index in [9.17, 15) is 0 Å². The Morgan fingerprint density at radius 2 is 1.72 bits per heavy atom. The van der Waals surface area contributed by atoms with E-state index in [0.29, 0.717) is 12.0 Å². The first-order chi connectivity index (χ1) is 8.65. The monoisotopic (exact) mass is 246 g/mol. The average Bonchev–Trinajstić information content (AvgIpc) is 3.18. The summed E-state index contributed by atoms with van der Waals surface area (Å²) in [6.45, 7) is 6.29. The predicted molar refractivity (Wildman–Crippen MR) is 72.9 cm³/mol. The molecule has 0 aromatic carbocycles. The Bertz CT molecular complexity index is 445. The van der Waals surface area contributed by atoms with Crippen LogP contribution in [-0.2, 0) is 0 Å². The van der Waals surface area contributed by atoms with E-state index in [1.54, 1.807) is 0 Å². The fourth-order valence-corrected chi connectivity index (χ4v) is 2.58. The Kier molecular flexibility index (Phi) is 2.98. The number of nitrogens with zero attached hydrogens (tertiary/aromatic N) is 3. The lowest BCUT2D eigenvalue weighted by Crippen LogP contribution is -2.40. The molecule has 2 fully saturated rings. The van der Waals surface area contributed by atoms with Gasteiger partial charge in [-0.15, -0.1) is 0 Å². The minimum atomic E-state index is 0.368. The fourth-order valence-electron chi connectivity index (χ4n) is 2.58. The van der Waals surface area contributed by atoms with Crippen molar-refractivity contribution in [3.05, 3.63) is 17.1 Å². The topological polar surface area (TPSA) is 55.0 Å². The third kappa shape index (κ3) is 2.21. The van der Waals surface area contributed by atoms with Crippen LogP contribution in [0.1, 0.15) is 48.7 Å². The second kappa shape index (κ2) is 4.50. The van der Waals surface area contributed by atoms with Gasteiger partial charge in [-0.3, -0.25) is 0 Å². The highest BCUT2D eigenvalue weighted by Gasteiger charge is 2.29. The highest BCUT2D eigenvalue weighted by Crippen LogP contribution is 2.39. The summed E-state index contributed by atoms with van der Waals surface area (Å²) in [5, 5.41) is 0. The standard InChI is InChI=1S/C14H22N4/c1-9-10(2)16-13(11-3-4-11)17-14(9)18-7-5-12(15)6-8-18/h11-12H,3-8,15H2,1-2H3. The zero-order chi connectivity index (χ0) is 12.7. The van der Waals surface area contributed by atoms with E-state index < -0.39 is 0 Å². The number of aromatic nitrogens is 2. The Hall–Kier alpha value is -1.16. The van der Waals surface area contributed by atoms with E-state index in [0.717, 1.165) is 43.3 Å². The zero-order valence-corrected chi connectivity index (χ0v) is 11.3. The van der Waals surface area contributed by atoms with Gasteiger partial charge in [-0.2, -0.15) is 0 Å². The van der Waals surface area contributed by atoms with E-state index in [-0.39, 0.29) is 0 Å². The van der Waals surface area contributed by atoms with Gasteiger partial charge in [-0.05, 0) is 39.5 Å². The molecule has 0 spiro atoms. The number of rotatable bonds is 2. The maximum atomic E-state index is 5.97. The Morgan fingerprint density at radius 1 is 1.06 bits per heavy atom. The van der Waals surface area contributed by atoms with Crippen LogP contribution in [0.5, 0.6) is 0 Å². The largest absolute Gasteiger partial charge is 0.356 e. The minimum Gasteiger partial charge on any atom is -0.356 e. The first kappa shape index (κ1) is 11.9. The van der Waals surface area contributed by atoms with Crippen LogP contribution >= 0.6 is 0 Å². The van der Waals surface area contributed by atoms with Crippen molar-refractivity contribution >= 4 is 5.82 Å². The molecule has 1 saturated heterocycles. The van der Waals surface area contributed by atoms with Crippen molar-refractivity contribution in [3.63, 3.8) is 0 Å². The summed E-state index contributed by atoms with van der Waals surface area (Å²) in [6.07, 6.45) is 4.65. The number of hydrogen-bond acceptors (Lipinski definition) is 4. The molecular formula is C14H22N4. The van der Waals surface area contributed by atoms with Crippen LogP contribution in [0, 0.1) is 13.8 Å². The lowest BCUT2D eigenvalue weighted by molar-refractivity contribution is 0.497. The van der Waals surface area contributed by atoms with Crippen molar-refractivity contribution < 1.29 is 0 Å². The van der Waals surface area contributed by atoms with Crippen molar-refractivity contribution in [1.29, 1.82) is 0 Å². The van der Waals surface area contributed by atoms with Crippen molar-refractivity contribution in [1.82, 2.24) is 9.97 Å². The molecule has 4 nitrogen and oxygen atoms in total. The predicted octanol–water partition coefficient (Wildman–Crippen LogP) is 1.90. The summed E-state index contributed by atoms with van der Waals surface area (Å²) in [5.41, 5.74) is 8.34. The van der Waals surface area contributed by atoms with Gasteiger partial charge in [0.15, 0.2) is 0 Å². The molecule has 0 amide bonds. The fraction of sp³-hybridized carbons (Fsp3) is 0.714. The molecule has 1 aliphatic carbocycles. The van der Waals surface area contributed by atoms with Gasteiger partial charge in [0, 0.05) is 36.3 Å². The minimum absolute atomic E-state index is 0.368. The molecule has 1 aromatic heterocycles. The van der Waals surface area contributed by atoms with Crippen molar-refractivity contribution in [2.45, 2.75) is 51.5 Å². The van der Waals surface area contributed by atoms with E-state index in [1.807, 2.05) is 0 Å². The molecule has 4 heteroatoms. The Balaban J connectivity index is 1.89. The van der Waals surface area contributed by atoms with E-state index in [1.165, 1.54) is 18.4 Å². The van der Waals surface area contributed by atoms with Gasteiger partial charge in [0.05, 0.1) is 0 Å². The highest BCUT2D eigenvalue weighted by molar-refractivity contribution is 5.49. The van der Waals surface area contributed by atoms with E-state index in [4.69, 9.17) is 10.7 Å². The summed E-state index contributed by atoms with van der Waals surface area (Å²) in [6, 6.07) is 0.368. The number of hydrogen-bond donors (Lipinski definition) is 1. The molecule has 1 saturated carbocycles. The van der Waals surface area contributed by atoms with Gasteiger partial charge in [-0.1, -0.05) is 0 Å². The normalized spacial score (nSPS) is 21.4. The molecule has 0 radical (unpaired) electrons. The van der Waals surface area contributed by atoms with Crippen LogP contribution in [0.2, 0.25) is 0 Å². The first-order valence-corrected chi connectivity index (χ1v) is 7.01. The number of anilines is 1. The molecular weight excluding hydrogens is 224 g/mol. The van der Waals surface area contributed by atoms with Crippen LogP contribution < -0.4 is 10.6 Å². The molecule has 0 bridgehead atoms. The molecule has 2 aliphatic rings. The van der Waals surface area contributed by atoms with Crippen LogP contribution in [0.25, 0.3) is 0 Å². The molecule has 18 heavy (non-hydrogen) atoms. The first-order valence-electron chi connectivity index (χ1n) is 7.01. The van der Waals surface area contributed by atoms with E-state index >= 15 is 0 Å². The van der Waals surface area contributed by atoms with Crippen molar-refractivity contribution in [3.8, 4) is 0 Å². The van der Waals surface area contributed by atoms with Crippen LogP contribution in [0.4, 0.5) is 5.82 Å². The average molecular weight is 246 g/mol. The maximum absolute atomic E-state index is 5.97. The summed E-state index contributed by atoms with van der Waals surface area (Å²) in [7, 11) is 0. The van der Waals surface area contributed by atoms with Gasteiger partial charge in [-0.25, -0.2) is 9.97 Å². The summed E-state index contributed by atoms with van der Waals surface area (Å²) >= 11 is 0. The van der Waals surface area contributed by atoms with Gasteiger partial charge in [0.1, 0.15) is 11.6 Å². The quantitative estimate of drug-likeness (QED) is 0.866. The zero-order valence-electron chi connectivity index (χ0n) is 11.3. The second-order valence-corrected chi connectivity index (χ2v) is 5.71. The summed E-state index contributed by atoms with van der Waals surface area (Å²) in [4.78, 5) is 11.8. The van der Waals surface area contributed by atoms with Crippen molar-refractivity contribution in [2.24, 2.45) is 5.73 Å². The summed E-state index contributed by atoms with van der Waals surface area (Å²) in [5.74, 6) is 2.83. The third-order valence-electron chi connectivity index (χ3n) is 4.16. The number of aryl methyl sites for hydroxylation is 1. The highest BCUT2D eigenvalue weighted by atomic mass is 15.2. The van der Waals surface area contributed by atoms with Gasteiger partial charge in [0.2, 0.25) is 0 Å². The smallest absolute Gasteiger partial charge is 0.135 e. The van der Waals surface area contributed by atoms with Gasteiger partial charge >= 0.3 is 0 Å². The van der Waals surface area contributed by atoms with E-state index in [2.05, 4.69) is 23.7 Å². The van der Waals surface area contributed by atoms with Gasteiger partial charge in [0.25, 0.3) is 0 Å². The second-order valence-electron chi connectivity index (χ2n) is 5.71. The molecule has 0 unspecified atom stereocenters. The SMILES string of the molecule is Cc1nc(C2CC2)nc(N2CCC(N)CC2)c1C. The van der Waals surface area contributed by atoms with Crippen LogP contribution in [-0.4, -0.2) is 29.1 Å². The van der Waals surface area contributed by atoms with Crippen LogP contribution in [0.3, 0.4) is 0 Å². The molecule has 1 aliphatic heterocycles. The number of piperidine rings is 1. The lowest BCUT2D eigenvalue weighted by atomic mass is 10.1. The molecule has 1 aromatic rings. The van der Waals surface area contributed by atoms with Crippen LogP contribution in [0.15, 0.2) is 0 Å². The molecule has 2 N–H and O–H groups in total. The Morgan fingerprint density at radius 3 is 2.33 bits per heavy atom. The third-order valence-corrected chi connectivity index (χ3v) is 4.16. The molecule has 0 atom stereocenters. The summed E-state index contributed by atoms with van der Waals surface area (Å²) < 4.78 is 0. The van der Waals surface area contributed by atoms with Crippen molar-refractivity contribution in [2.75, 3.05) is 18.0 Å². The molecule has 98 valence electrons. The Labute approximate surface area is 109 Å². The number of nitrogens with two attached hydrogens (primary N) is 1. The maximum Gasteiger partial charge on any atom is 0.135 e. The molecule has 3 rings (SSSR count). The molecule has 2 heterocycles. The van der Waals surface area contributed by atoms with Gasteiger partial charge < -0.3 is 10.6 Å².